The average Bonchev–Trinajstić information content (AvgIpc) is 2.37. The average molecular weight is 382 g/mol. The zero-order valence-corrected chi connectivity index (χ0v) is 14.0. The highest BCUT2D eigenvalue weighted by atomic mass is 32.3. The van der Waals surface area contributed by atoms with Crippen LogP contribution >= 0.6 is 0 Å². The van der Waals surface area contributed by atoms with Crippen molar-refractivity contribution in [1.82, 2.24) is 0 Å². The smallest absolute Gasteiger partial charge is 0.215 e. The summed E-state index contributed by atoms with van der Waals surface area (Å²) in [5, 5.41) is 0. The Morgan fingerprint density at radius 2 is 0.792 bits per heavy atom. The minimum absolute atomic E-state index is 1.07. The molecule has 0 amide bonds. The van der Waals surface area contributed by atoms with Crippen molar-refractivity contribution >= 4 is 32.2 Å². The highest BCUT2D eigenvalue weighted by molar-refractivity contribution is 7.80. The molecule has 0 radical (unpaired) electrons. The van der Waals surface area contributed by atoms with Gasteiger partial charge in [-0.15, -0.1) is 0 Å². The Bertz CT molecular complexity index is 667. The third-order valence-corrected chi connectivity index (χ3v) is 1.69. The maximum atomic E-state index is 8.63. The number of hydrogen-bond donors (Lipinski definition) is 4. The molecule has 0 saturated carbocycles. The van der Waals surface area contributed by atoms with E-state index < -0.39 is 20.8 Å². The molecule has 0 heterocycles. The zero-order chi connectivity index (χ0) is 19.2. The summed E-state index contributed by atoms with van der Waals surface area (Å²) in [5.41, 5.74) is 9.58. The topological polar surface area (TPSA) is 210 Å². The predicted octanol–water partition coefficient (Wildman–Crippen LogP) is -0.871. The molecular formula is C12H18N2O8S2. The van der Waals surface area contributed by atoms with Crippen LogP contribution in [0.1, 0.15) is 0 Å². The summed E-state index contributed by atoms with van der Waals surface area (Å²) >= 11 is 0. The molecule has 0 bridgehead atoms. The summed E-state index contributed by atoms with van der Waals surface area (Å²) in [6, 6.07) is 19.7. The van der Waals surface area contributed by atoms with Gasteiger partial charge in [0.15, 0.2) is 0 Å². The molecule has 0 aliphatic rings. The molecule has 2 aromatic rings. The van der Waals surface area contributed by atoms with Gasteiger partial charge >= 0.3 is 0 Å². The molecule has 0 fully saturated rings. The number of rotatable bonds is 0. The van der Waals surface area contributed by atoms with Gasteiger partial charge in [0, 0.05) is 0 Å². The van der Waals surface area contributed by atoms with Crippen LogP contribution in [0, 0.1) is 0 Å². The van der Waals surface area contributed by atoms with E-state index in [2.05, 4.69) is 11.5 Å². The van der Waals surface area contributed by atoms with Gasteiger partial charge in [-0.1, -0.05) is 36.4 Å². The molecule has 0 saturated heterocycles. The van der Waals surface area contributed by atoms with Crippen molar-refractivity contribution in [3.05, 3.63) is 60.7 Å². The third kappa shape index (κ3) is 36.9. The SMILES string of the molecule is O=S(=O)([O-])O.O=S(=O)([O-])O.[NH3+]c1ccccc1.[NH3+]c1ccccc1. The maximum absolute atomic E-state index is 8.63. The highest BCUT2D eigenvalue weighted by Crippen LogP contribution is 1.93. The van der Waals surface area contributed by atoms with E-state index in [1.165, 1.54) is 0 Å². The lowest BCUT2D eigenvalue weighted by Crippen LogP contribution is -2.39. The van der Waals surface area contributed by atoms with Gasteiger partial charge in [-0.05, 0) is 24.3 Å². The summed E-state index contributed by atoms with van der Waals surface area (Å²) < 4.78 is 65.7. The molecule has 2 rings (SSSR count). The molecular weight excluding hydrogens is 364 g/mol. The van der Waals surface area contributed by atoms with Crippen LogP contribution in [-0.4, -0.2) is 35.0 Å². The number of hydrogen-bond acceptors (Lipinski definition) is 6. The standard InChI is InChI=1S/2C6H7N.2H2O4S/c2*7-6-4-2-1-3-5-6;2*1-5(2,3)4/h2*1-5H,7H2;2*(H2,1,2,3,4). The second-order valence-corrected chi connectivity index (χ2v) is 5.54. The molecule has 8 N–H and O–H groups in total. The van der Waals surface area contributed by atoms with Crippen LogP contribution in [0.25, 0.3) is 0 Å². The Balaban J connectivity index is 0. The highest BCUT2D eigenvalue weighted by Gasteiger charge is 1.77. The quantitative estimate of drug-likeness (QED) is 0.331. The second-order valence-electron chi connectivity index (χ2n) is 3.83. The monoisotopic (exact) mass is 382 g/mol. The molecule has 10 nitrogen and oxygen atoms in total. The van der Waals surface area contributed by atoms with Crippen molar-refractivity contribution < 1.29 is 46.5 Å². The van der Waals surface area contributed by atoms with Gasteiger partial charge in [0.25, 0.3) is 0 Å². The van der Waals surface area contributed by atoms with Crippen molar-refractivity contribution in [2.24, 2.45) is 0 Å². The molecule has 12 heteroatoms. The zero-order valence-electron chi connectivity index (χ0n) is 12.3. The Kier molecular flexibility index (Phi) is 12.7. The van der Waals surface area contributed by atoms with Gasteiger partial charge < -0.3 is 20.6 Å². The van der Waals surface area contributed by atoms with E-state index in [1.807, 2.05) is 60.7 Å². The first kappa shape index (κ1) is 24.4. The Morgan fingerprint density at radius 3 is 0.875 bits per heavy atom. The van der Waals surface area contributed by atoms with Crippen molar-refractivity contribution in [3.63, 3.8) is 0 Å². The Morgan fingerprint density at radius 1 is 0.625 bits per heavy atom. The van der Waals surface area contributed by atoms with Crippen molar-refractivity contribution in [3.8, 4) is 0 Å². The van der Waals surface area contributed by atoms with Gasteiger partial charge in [-0.25, -0.2) is 16.8 Å². The number of quaternary nitrogens is 2. The van der Waals surface area contributed by atoms with E-state index in [0.717, 1.165) is 11.4 Å². The number of benzene rings is 2. The van der Waals surface area contributed by atoms with E-state index >= 15 is 0 Å². The lowest BCUT2D eigenvalue weighted by Gasteiger charge is -1.88. The van der Waals surface area contributed by atoms with Crippen molar-refractivity contribution in [2.45, 2.75) is 0 Å². The van der Waals surface area contributed by atoms with Crippen LogP contribution in [0.15, 0.2) is 60.7 Å². The van der Waals surface area contributed by atoms with Crippen LogP contribution in [0.4, 0.5) is 11.4 Å². The molecule has 0 unspecified atom stereocenters. The van der Waals surface area contributed by atoms with Crippen LogP contribution in [0.3, 0.4) is 0 Å². The van der Waals surface area contributed by atoms with Crippen LogP contribution in [0.2, 0.25) is 0 Å². The molecule has 2 aromatic carbocycles. The predicted molar refractivity (Wildman–Crippen MR) is 82.6 cm³/mol. The van der Waals surface area contributed by atoms with E-state index in [4.69, 9.17) is 35.0 Å². The molecule has 0 aromatic heterocycles. The summed E-state index contributed by atoms with van der Waals surface area (Å²) in [5.74, 6) is 0. The summed E-state index contributed by atoms with van der Waals surface area (Å²) in [6.07, 6.45) is 0. The first-order valence-corrected chi connectivity index (χ1v) is 8.62. The molecule has 0 aliphatic carbocycles. The van der Waals surface area contributed by atoms with Gasteiger partial charge in [0.05, 0.1) is 0 Å². The fourth-order valence-electron chi connectivity index (χ4n) is 0.956. The van der Waals surface area contributed by atoms with E-state index in [1.54, 1.807) is 0 Å². The summed E-state index contributed by atoms with van der Waals surface area (Å²) in [6.45, 7) is 0. The molecule has 0 spiro atoms. The van der Waals surface area contributed by atoms with Crippen molar-refractivity contribution in [1.29, 1.82) is 0 Å². The minimum Gasteiger partial charge on any atom is -0.726 e. The van der Waals surface area contributed by atoms with Crippen LogP contribution in [-0.2, 0) is 20.8 Å². The lowest BCUT2D eigenvalue weighted by atomic mass is 10.3. The molecule has 24 heavy (non-hydrogen) atoms. The van der Waals surface area contributed by atoms with Crippen LogP contribution in [0.5, 0.6) is 0 Å². The first-order chi connectivity index (χ1) is 10.8. The van der Waals surface area contributed by atoms with Gasteiger partial charge in [-0.2, -0.15) is 0 Å². The van der Waals surface area contributed by atoms with Gasteiger partial charge in [-0.3, -0.25) is 9.11 Å². The van der Waals surface area contributed by atoms with Gasteiger partial charge in [0.2, 0.25) is 20.8 Å². The summed E-state index contributed by atoms with van der Waals surface area (Å²) in [7, 11) is -9.83. The Labute approximate surface area is 139 Å². The van der Waals surface area contributed by atoms with Crippen LogP contribution < -0.4 is 11.5 Å². The molecule has 0 atom stereocenters. The van der Waals surface area contributed by atoms with E-state index in [0.29, 0.717) is 0 Å². The third-order valence-electron chi connectivity index (χ3n) is 1.69. The van der Waals surface area contributed by atoms with Crippen molar-refractivity contribution in [2.75, 3.05) is 0 Å². The Hall–Kier alpha value is -1.90. The fourth-order valence-corrected chi connectivity index (χ4v) is 0.956. The second kappa shape index (κ2) is 12.5. The maximum Gasteiger partial charge on any atom is 0.215 e. The fraction of sp³-hybridized carbons (Fsp3) is 0. The largest absolute Gasteiger partial charge is 0.726 e. The van der Waals surface area contributed by atoms with E-state index in [9.17, 15) is 0 Å². The minimum atomic E-state index is -4.92. The first-order valence-electron chi connectivity index (χ1n) is 5.89. The molecule has 136 valence electrons. The molecule has 0 aliphatic heterocycles. The van der Waals surface area contributed by atoms with Gasteiger partial charge in [0.1, 0.15) is 11.4 Å². The summed E-state index contributed by atoms with van der Waals surface area (Å²) in [4.78, 5) is 0. The lowest BCUT2D eigenvalue weighted by molar-refractivity contribution is -0.255. The normalized spacial score (nSPS) is 9.92. The van der Waals surface area contributed by atoms with E-state index in [-0.39, 0.29) is 0 Å².